The van der Waals surface area contributed by atoms with E-state index in [-0.39, 0.29) is 12.3 Å². The van der Waals surface area contributed by atoms with Gasteiger partial charge in [0.15, 0.2) is 0 Å². The van der Waals surface area contributed by atoms with Crippen molar-refractivity contribution in [2.24, 2.45) is 5.92 Å². The molecule has 0 aromatic rings. The molecular formula is C8H12F3NO3. The van der Waals surface area contributed by atoms with Crippen LogP contribution in [-0.4, -0.2) is 29.2 Å². The molecule has 0 fully saturated rings. The lowest BCUT2D eigenvalue weighted by molar-refractivity contribution is -0.175. The Morgan fingerprint density at radius 1 is 1.33 bits per heavy atom. The van der Waals surface area contributed by atoms with Crippen LogP contribution in [0.3, 0.4) is 0 Å². The first kappa shape index (κ1) is 13.7. The van der Waals surface area contributed by atoms with Crippen LogP contribution in [0.4, 0.5) is 13.2 Å². The van der Waals surface area contributed by atoms with Crippen molar-refractivity contribution in [3.05, 3.63) is 0 Å². The fraction of sp³-hybridized carbons (Fsp3) is 0.750. The molecule has 0 bridgehead atoms. The van der Waals surface area contributed by atoms with Gasteiger partial charge in [0.2, 0.25) is 0 Å². The van der Waals surface area contributed by atoms with E-state index in [4.69, 9.17) is 5.11 Å². The van der Waals surface area contributed by atoms with Gasteiger partial charge in [0.25, 0.3) is 0 Å². The molecule has 1 atom stereocenters. The van der Waals surface area contributed by atoms with Crippen LogP contribution in [0, 0.1) is 5.92 Å². The second-order valence-electron chi connectivity index (χ2n) is 3.49. The van der Waals surface area contributed by atoms with Gasteiger partial charge in [0, 0.05) is 0 Å². The molecule has 4 nitrogen and oxygen atoms in total. The monoisotopic (exact) mass is 227 g/mol. The highest BCUT2D eigenvalue weighted by Crippen LogP contribution is 2.15. The van der Waals surface area contributed by atoms with Crippen molar-refractivity contribution in [3.8, 4) is 0 Å². The van der Waals surface area contributed by atoms with Crippen LogP contribution in [0.25, 0.3) is 0 Å². The Hall–Kier alpha value is -1.27. The smallest absolute Gasteiger partial charge is 0.471 e. The van der Waals surface area contributed by atoms with E-state index in [0.717, 1.165) is 0 Å². The number of carboxylic acid groups (broad SMARTS) is 1. The highest BCUT2D eigenvalue weighted by Gasteiger charge is 2.40. The zero-order chi connectivity index (χ0) is 12.2. The van der Waals surface area contributed by atoms with Crippen LogP contribution in [0.5, 0.6) is 0 Å². The minimum absolute atomic E-state index is 0.0445. The summed E-state index contributed by atoms with van der Waals surface area (Å²) in [5, 5.41) is 9.98. The predicted octanol–water partition coefficient (Wildman–Crippen LogP) is 1.16. The molecule has 0 saturated heterocycles. The summed E-state index contributed by atoms with van der Waals surface area (Å²) in [5.41, 5.74) is 0. The van der Waals surface area contributed by atoms with E-state index < -0.39 is 24.1 Å². The summed E-state index contributed by atoms with van der Waals surface area (Å²) >= 11 is 0. The number of alkyl halides is 3. The third-order valence-electron chi connectivity index (χ3n) is 1.57. The number of nitrogens with one attached hydrogen (secondary N) is 1. The largest absolute Gasteiger partial charge is 0.480 e. The molecule has 0 spiro atoms. The molecule has 15 heavy (non-hydrogen) atoms. The second-order valence-corrected chi connectivity index (χ2v) is 3.49. The summed E-state index contributed by atoms with van der Waals surface area (Å²) in [6.07, 6.45) is -5.10. The van der Waals surface area contributed by atoms with Crippen LogP contribution in [-0.2, 0) is 9.59 Å². The molecule has 7 heteroatoms. The molecule has 1 amide bonds. The highest BCUT2D eigenvalue weighted by atomic mass is 19.4. The molecule has 0 aliphatic rings. The predicted molar refractivity (Wildman–Crippen MR) is 45.1 cm³/mol. The maximum atomic E-state index is 11.8. The summed E-state index contributed by atoms with van der Waals surface area (Å²) in [6.45, 7) is 3.30. The van der Waals surface area contributed by atoms with Crippen molar-refractivity contribution in [3.63, 3.8) is 0 Å². The van der Waals surface area contributed by atoms with E-state index in [2.05, 4.69) is 0 Å². The lowest BCUT2D eigenvalue weighted by Gasteiger charge is -2.17. The molecular weight excluding hydrogens is 215 g/mol. The first-order valence-corrected chi connectivity index (χ1v) is 4.25. The quantitative estimate of drug-likeness (QED) is 0.757. The van der Waals surface area contributed by atoms with E-state index >= 15 is 0 Å². The molecule has 0 unspecified atom stereocenters. The third kappa shape index (κ3) is 5.24. The highest BCUT2D eigenvalue weighted by molar-refractivity contribution is 5.86. The van der Waals surface area contributed by atoms with Gasteiger partial charge in [-0.3, -0.25) is 4.79 Å². The van der Waals surface area contributed by atoms with Gasteiger partial charge in [-0.05, 0) is 12.3 Å². The van der Waals surface area contributed by atoms with Gasteiger partial charge in [-0.15, -0.1) is 0 Å². The van der Waals surface area contributed by atoms with E-state index in [1.807, 2.05) is 0 Å². The number of rotatable bonds is 4. The first-order valence-electron chi connectivity index (χ1n) is 4.25. The Balaban J connectivity index is 4.43. The molecule has 2 N–H and O–H groups in total. The fourth-order valence-electron chi connectivity index (χ4n) is 0.933. The van der Waals surface area contributed by atoms with E-state index in [1.54, 1.807) is 13.8 Å². The van der Waals surface area contributed by atoms with Crippen LogP contribution >= 0.6 is 0 Å². The van der Waals surface area contributed by atoms with Crippen molar-refractivity contribution in [1.82, 2.24) is 5.32 Å². The fourth-order valence-corrected chi connectivity index (χ4v) is 0.933. The summed E-state index contributed by atoms with van der Waals surface area (Å²) in [6, 6.07) is -1.50. The molecule has 0 aromatic carbocycles. The Morgan fingerprint density at radius 2 is 1.80 bits per heavy atom. The average molecular weight is 227 g/mol. The lowest BCUT2D eigenvalue weighted by Crippen LogP contribution is -2.47. The van der Waals surface area contributed by atoms with Gasteiger partial charge in [-0.25, -0.2) is 4.79 Å². The Labute approximate surface area is 84.5 Å². The maximum Gasteiger partial charge on any atom is 0.471 e. The number of hydrogen-bond acceptors (Lipinski definition) is 2. The van der Waals surface area contributed by atoms with Crippen molar-refractivity contribution < 1.29 is 27.9 Å². The van der Waals surface area contributed by atoms with E-state index in [9.17, 15) is 22.8 Å². The molecule has 0 rings (SSSR count). The molecule has 0 heterocycles. The number of carbonyl (C=O) groups is 2. The SMILES string of the molecule is CC(C)C[C@@H](NC(=O)C(F)(F)F)C(=O)O. The number of aliphatic carboxylic acids is 1. The Bertz CT molecular complexity index is 250. The molecule has 0 aromatic heterocycles. The van der Waals surface area contributed by atoms with Gasteiger partial charge in [0.1, 0.15) is 6.04 Å². The molecule has 0 aliphatic heterocycles. The maximum absolute atomic E-state index is 11.8. The van der Waals surface area contributed by atoms with Crippen LogP contribution in [0.1, 0.15) is 20.3 Å². The molecule has 88 valence electrons. The first-order chi connectivity index (χ1) is 6.64. The summed E-state index contributed by atoms with van der Waals surface area (Å²) in [5.74, 6) is -3.82. The number of carboxylic acids is 1. The van der Waals surface area contributed by atoms with Crippen LogP contribution < -0.4 is 5.32 Å². The van der Waals surface area contributed by atoms with E-state index in [1.165, 1.54) is 5.32 Å². The minimum atomic E-state index is -5.05. The van der Waals surface area contributed by atoms with Crippen molar-refractivity contribution in [2.45, 2.75) is 32.5 Å². The lowest BCUT2D eigenvalue weighted by atomic mass is 10.0. The summed E-state index contributed by atoms with van der Waals surface area (Å²) in [7, 11) is 0. The van der Waals surface area contributed by atoms with E-state index in [0.29, 0.717) is 0 Å². The normalized spacial score (nSPS) is 13.7. The van der Waals surface area contributed by atoms with Crippen molar-refractivity contribution in [2.75, 3.05) is 0 Å². The standard InChI is InChI=1S/C8H12F3NO3/c1-4(2)3-5(6(13)14)12-7(15)8(9,10)11/h4-5H,3H2,1-2H3,(H,12,15)(H,13,14)/t5-/m1/s1. The third-order valence-corrected chi connectivity index (χ3v) is 1.57. The number of hydrogen-bond donors (Lipinski definition) is 2. The summed E-state index contributed by atoms with van der Waals surface area (Å²) in [4.78, 5) is 21.0. The topological polar surface area (TPSA) is 66.4 Å². The second kappa shape index (κ2) is 4.99. The molecule has 0 aliphatic carbocycles. The van der Waals surface area contributed by atoms with Crippen molar-refractivity contribution >= 4 is 11.9 Å². The van der Waals surface area contributed by atoms with Gasteiger partial charge in [0.05, 0.1) is 0 Å². The Kier molecular flexibility index (Phi) is 4.57. The van der Waals surface area contributed by atoms with Gasteiger partial charge in [-0.2, -0.15) is 13.2 Å². The number of carbonyl (C=O) groups excluding carboxylic acids is 1. The average Bonchev–Trinajstić information content (AvgIpc) is 1.99. The zero-order valence-electron chi connectivity index (χ0n) is 8.26. The minimum Gasteiger partial charge on any atom is -0.480 e. The van der Waals surface area contributed by atoms with Gasteiger partial charge in [-0.1, -0.05) is 13.8 Å². The number of halogens is 3. The summed E-state index contributed by atoms with van der Waals surface area (Å²) < 4.78 is 35.4. The van der Waals surface area contributed by atoms with Crippen LogP contribution in [0.15, 0.2) is 0 Å². The Morgan fingerprint density at radius 3 is 2.07 bits per heavy atom. The van der Waals surface area contributed by atoms with Crippen molar-refractivity contribution in [1.29, 1.82) is 0 Å². The van der Waals surface area contributed by atoms with Crippen LogP contribution in [0.2, 0.25) is 0 Å². The molecule has 0 saturated carbocycles. The molecule has 0 radical (unpaired) electrons. The number of amides is 1. The zero-order valence-corrected chi connectivity index (χ0v) is 8.26. The van der Waals surface area contributed by atoms with Gasteiger partial charge < -0.3 is 10.4 Å². The van der Waals surface area contributed by atoms with Gasteiger partial charge >= 0.3 is 18.1 Å².